The van der Waals surface area contributed by atoms with E-state index in [2.05, 4.69) is 10.6 Å². The van der Waals surface area contributed by atoms with Gasteiger partial charge in [0.25, 0.3) is 0 Å². The molecule has 3 aliphatic rings. The van der Waals surface area contributed by atoms with Gasteiger partial charge in [-0.1, -0.05) is 0 Å². The smallest absolute Gasteiger partial charge is 0.343 e. The molecular formula is C22H28FN3O4. The van der Waals surface area contributed by atoms with E-state index in [1.807, 2.05) is 4.57 Å². The van der Waals surface area contributed by atoms with E-state index in [0.717, 1.165) is 38.6 Å². The number of carbonyl (C=O) groups is 1. The molecule has 1 aliphatic carbocycles. The third-order valence-electron chi connectivity index (χ3n) is 6.00. The minimum atomic E-state index is -0.667. The monoisotopic (exact) mass is 417 g/mol. The molecule has 7 nitrogen and oxygen atoms in total. The summed E-state index contributed by atoms with van der Waals surface area (Å²) in [4.78, 5) is 27.5. The van der Waals surface area contributed by atoms with Gasteiger partial charge in [0.1, 0.15) is 11.3 Å². The molecule has 8 heteroatoms. The second kappa shape index (κ2) is 8.26. The number of halogens is 1. The lowest BCUT2D eigenvalue weighted by molar-refractivity contribution is 0.0524. The van der Waals surface area contributed by atoms with Gasteiger partial charge in [0.15, 0.2) is 11.6 Å². The first-order valence-corrected chi connectivity index (χ1v) is 10.7. The van der Waals surface area contributed by atoms with Crippen molar-refractivity contribution in [2.24, 2.45) is 5.73 Å². The molecule has 2 N–H and O–H groups in total. The highest BCUT2D eigenvalue weighted by atomic mass is 19.1. The number of pyridine rings is 1. The summed E-state index contributed by atoms with van der Waals surface area (Å²) in [6, 6.07) is 1.74. The van der Waals surface area contributed by atoms with Crippen LogP contribution in [0.4, 0.5) is 10.1 Å². The van der Waals surface area contributed by atoms with E-state index in [9.17, 15) is 9.59 Å². The molecule has 2 aromatic rings. The highest BCUT2D eigenvalue weighted by Gasteiger charge is 2.36. The van der Waals surface area contributed by atoms with Gasteiger partial charge in [-0.15, -0.1) is 0 Å². The van der Waals surface area contributed by atoms with Gasteiger partial charge >= 0.3 is 5.97 Å². The van der Waals surface area contributed by atoms with Crippen LogP contribution in [0.1, 0.15) is 55.4 Å². The van der Waals surface area contributed by atoms with Crippen LogP contribution in [-0.4, -0.2) is 43.4 Å². The first-order valence-electron chi connectivity index (χ1n) is 10.7. The highest BCUT2D eigenvalue weighted by molar-refractivity contribution is 5.97. The number of anilines is 1. The summed E-state index contributed by atoms with van der Waals surface area (Å²) < 4.78 is 28.3. The number of hydrogen-bond donors (Lipinski definition) is 1. The number of rotatable bonds is 3. The van der Waals surface area contributed by atoms with Gasteiger partial charge in [-0.3, -0.25) is 4.79 Å². The van der Waals surface area contributed by atoms with Crippen molar-refractivity contribution in [2.75, 3.05) is 31.7 Å². The predicted molar refractivity (Wildman–Crippen MR) is 113 cm³/mol. The summed E-state index contributed by atoms with van der Waals surface area (Å²) in [7, 11) is 1.50. The van der Waals surface area contributed by atoms with Gasteiger partial charge in [0.2, 0.25) is 5.43 Å². The van der Waals surface area contributed by atoms with Gasteiger partial charge in [-0.25, -0.2) is 9.18 Å². The van der Waals surface area contributed by atoms with Crippen LogP contribution in [0.2, 0.25) is 0 Å². The second-order valence-electron chi connectivity index (χ2n) is 7.79. The van der Waals surface area contributed by atoms with Crippen molar-refractivity contribution in [3.05, 3.63) is 33.9 Å². The molecule has 0 unspecified atom stereocenters. The van der Waals surface area contributed by atoms with Crippen molar-refractivity contribution < 1.29 is 18.7 Å². The summed E-state index contributed by atoms with van der Waals surface area (Å²) in [5.41, 5.74) is 5.01. The summed E-state index contributed by atoms with van der Waals surface area (Å²) in [5.74, 6) is -0.685. The number of benzene rings is 1. The lowest BCUT2D eigenvalue weighted by Crippen LogP contribution is -2.29. The number of fused-ring (bicyclic) bond motifs is 5. The number of esters is 1. The Kier molecular flexibility index (Phi) is 5.69. The lowest BCUT2D eigenvalue weighted by atomic mass is 10.1. The third-order valence-corrected chi connectivity index (χ3v) is 6.00. The molecular weight excluding hydrogens is 389 g/mol. The fourth-order valence-corrected chi connectivity index (χ4v) is 4.57. The van der Waals surface area contributed by atoms with Gasteiger partial charge in [-0.2, -0.15) is 0 Å². The number of nitrogens with zero attached hydrogens (tertiary/aromatic N) is 2. The molecule has 5 rings (SSSR count). The molecule has 1 saturated carbocycles. The third kappa shape index (κ3) is 3.33. The SMILES string of the molecule is CCOC(=O)c1cn(C2CC2)c2c3c(c(F)cc2c1=O)N1CCC[C@@H]1CCO3.CN. The largest absolute Gasteiger partial charge is 0.489 e. The second-order valence-corrected chi connectivity index (χ2v) is 7.79. The molecule has 0 spiro atoms. The number of aromatic nitrogens is 1. The zero-order valence-electron chi connectivity index (χ0n) is 17.4. The summed E-state index contributed by atoms with van der Waals surface area (Å²) in [6.45, 7) is 3.15. The fraction of sp³-hybridized carbons (Fsp3) is 0.545. The van der Waals surface area contributed by atoms with E-state index in [4.69, 9.17) is 9.47 Å². The van der Waals surface area contributed by atoms with Crippen molar-refractivity contribution in [3.8, 4) is 5.75 Å². The predicted octanol–water partition coefficient (Wildman–Crippen LogP) is 2.98. The van der Waals surface area contributed by atoms with E-state index in [0.29, 0.717) is 23.6 Å². The van der Waals surface area contributed by atoms with E-state index in [-0.39, 0.29) is 29.6 Å². The molecule has 1 atom stereocenters. The minimum absolute atomic E-state index is 0.0479. The number of ether oxygens (including phenoxy) is 2. The van der Waals surface area contributed by atoms with Crippen LogP contribution in [0.5, 0.6) is 5.75 Å². The fourth-order valence-electron chi connectivity index (χ4n) is 4.57. The number of nitrogens with two attached hydrogens (primary N) is 1. The Hall–Kier alpha value is -2.61. The van der Waals surface area contributed by atoms with Crippen molar-refractivity contribution in [1.82, 2.24) is 4.57 Å². The van der Waals surface area contributed by atoms with Crippen LogP contribution in [-0.2, 0) is 4.74 Å². The molecule has 30 heavy (non-hydrogen) atoms. The average molecular weight is 417 g/mol. The molecule has 0 radical (unpaired) electrons. The van der Waals surface area contributed by atoms with Crippen LogP contribution in [0.25, 0.3) is 10.9 Å². The van der Waals surface area contributed by atoms with Crippen LogP contribution < -0.4 is 20.8 Å². The van der Waals surface area contributed by atoms with Crippen LogP contribution >= 0.6 is 0 Å². The molecule has 162 valence electrons. The van der Waals surface area contributed by atoms with Crippen LogP contribution in [0.15, 0.2) is 17.1 Å². The Labute approximate surface area is 174 Å². The average Bonchev–Trinajstić information content (AvgIpc) is 3.52. The minimum Gasteiger partial charge on any atom is -0.489 e. The van der Waals surface area contributed by atoms with Gasteiger partial charge in [-0.05, 0) is 45.7 Å². The lowest BCUT2D eigenvalue weighted by Gasteiger charge is -2.26. The van der Waals surface area contributed by atoms with E-state index < -0.39 is 17.2 Å². The quantitative estimate of drug-likeness (QED) is 0.773. The van der Waals surface area contributed by atoms with Crippen molar-refractivity contribution >= 4 is 22.6 Å². The summed E-state index contributed by atoms with van der Waals surface area (Å²) >= 11 is 0. The van der Waals surface area contributed by atoms with Crippen LogP contribution in [0.3, 0.4) is 0 Å². The Morgan fingerprint density at radius 3 is 2.73 bits per heavy atom. The normalized spacial score (nSPS) is 19.9. The van der Waals surface area contributed by atoms with Gasteiger partial charge < -0.3 is 24.7 Å². The zero-order chi connectivity index (χ0) is 21.4. The molecule has 1 aromatic carbocycles. The summed E-state index contributed by atoms with van der Waals surface area (Å²) in [6.07, 6.45) is 6.38. The van der Waals surface area contributed by atoms with Crippen molar-refractivity contribution in [3.63, 3.8) is 0 Å². The maximum Gasteiger partial charge on any atom is 0.343 e. The van der Waals surface area contributed by atoms with Crippen molar-refractivity contribution in [2.45, 2.75) is 51.1 Å². The number of hydrogen-bond acceptors (Lipinski definition) is 6. The van der Waals surface area contributed by atoms with Crippen LogP contribution in [0, 0.1) is 5.82 Å². The van der Waals surface area contributed by atoms with E-state index >= 15 is 4.39 Å². The zero-order valence-corrected chi connectivity index (χ0v) is 17.4. The molecule has 0 bridgehead atoms. The van der Waals surface area contributed by atoms with Gasteiger partial charge in [0, 0.05) is 31.2 Å². The van der Waals surface area contributed by atoms with Crippen molar-refractivity contribution in [1.29, 1.82) is 0 Å². The Morgan fingerprint density at radius 2 is 2.03 bits per heavy atom. The highest BCUT2D eigenvalue weighted by Crippen LogP contribution is 2.46. The molecule has 2 fully saturated rings. The first kappa shape index (κ1) is 20.7. The Morgan fingerprint density at radius 1 is 1.27 bits per heavy atom. The summed E-state index contributed by atoms with van der Waals surface area (Å²) in [5, 5.41) is 0.186. The van der Waals surface area contributed by atoms with E-state index in [1.165, 1.54) is 13.1 Å². The molecule has 2 aliphatic heterocycles. The Balaban J connectivity index is 0.00000106. The molecule has 1 aromatic heterocycles. The Bertz CT molecular complexity index is 1030. The van der Waals surface area contributed by atoms with Gasteiger partial charge in [0.05, 0.1) is 24.1 Å². The topological polar surface area (TPSA) is 86.8 Å². The molecule has 0 amide bonds. The maximum atomic E-state index is 15.2. The maximum absolute atomic E-state index is 15.2. The number of carbonyl (C=O) groups excluding carboxylic acids is 1. The van der Waals surface area contributed by atoms with E-state index in [1.54, 1.807) is 13.1 Å². The standard InChI is InChI=1S/C21H23FN2O4.CH5N/c1-2-27-21(26)15-11-24(13-5-6-13)17-14(19(15)25)10-16(22)18-20(17)28-9-7-12-4-3-8-23(12)18;1-2/h10-13H,2-9H2,1H3;2H2,1H3/t12-;/m1./s1. The first-order chi connectivity index (χ1) is 14.6. The molecule has 1 saturated heterocycles. The molecule has 3 heterocycles.